The number of nitrogens with zero attached hydrogens (tertiary/aromatic N) is 3. The summed E-state index contributed by atoms with van der Waals surface area (Å²) in [7, 11) is 0. The maximum Gasteiger partial charge on any atom is 0.224 e. The van der Waals surface area contributed by atoms with Crippen molar-refractivity contribution in [2.75, 3.05) is 5.73 Å². The zero-order chi connectivity index (χ0) is 17.6. The molecule has 2 aromatic carbocycles. The highest BCUT2D eigenvalue weighted by Gasteiger charge is 2.21. The van der Waals surface area contributed by atoms with Gasteiger partial charge in [-0.05, 0) is 28.0 Å². The summed E-state index contributed by atoms with van der Waals surface area (Å²) in [6, 6.07) is 8.07. The minimum atomic E-state index is 0.202. The molecule has 1 aromatic heterocycles. The van der Waals surface area contributed by atoms with Crippen molar-refractivity contribution in [1.82, 2.24) is 15.0 Å². The minimum absolute atomic E-state index is 0.202. The van der Waals surface area contributed by atoms with Crippen molar-refractivity contribution < 1.29 is 4.74 Å². The molecular weight excluding hydrogens is 356 g/mol. The molecule has 0 amide bonds. The lowest BCUT2D eigenvalue weighted by molar-refractivity contribution is 0.103. The Morgan fingerprint density at radius 3 is 2.76 bits per heavy atom. The molecule has 4 rings (SSSR count). The quantitative estimate of drug-likeness (QED) is 0.684. The van der Waals surface area contributed by atoms with Crippen LogP contribution < -0.4 is 5.73 Å². The smallest absolute Gasteiger partial charge is 0.224 e. The summed E-state index contributed by atoms with van der Waals surface area (Å²) in [5.74, 6) is 0.712. The van der Waals surface area contributed by atoms with E-state index >= 15 is 0 Å². The largest absolute Gasteiger partial charge is 0.372 e. The number of rotatable bonds is 3. The molecule has 0 bridgehead atoms. The van der Waals surface area contributed by atoms with Gasteiger partial charge in [0.25, 0.3) is 0 Å². The standard InChI is InChI=1S/C18H17ClN4OS/c1-9(2)25-18-22-16(21-17(20)23-18)15-12-5-3-4-10-7-24-8-11(14(10)12)6-13(15)19/h3-6,9H,7-8H2,1-2H3,(H2,20,21,22,23). The van der Waals surface area contributed by atoms with Crippen LogP contribution in [-0.4, -0.2) is 20.2 Å². The van der Waals surface area contributed by atoms with E-state index in [0.717, 1.165) is 22.1 Å². The summed E-state index contributed by atoms with van der Waals surface area (Å²) in [5.41, 5.74) is 8.96. The van der Waals surface area contributed by atoms with Gasteiger partial charge in [0, 0.05) is 10.8 Å². The van der Waals surface area contributed by atoms with Crippen molar-refractivity contribution >= 4 is 40.1 Å². The predicted octanol–water partition coefficient (Wildman–Crippen LogP) is 4.46. The maximum absolute atomic E-state index is 6.60. The molecule has 7 heteroatoms. The zero-order valence-corrected chi connectivity index (χ0v) is 15.5. The van der Waals surface area contributed by atoms with E-state index in [1.807, 2.05) is 18.2 Å². The number of nitrogens with two attached hydrogens (primary N) is 1. The Bertz CT molecular complexity index is 977. The lowest BCUT2D eigenvalue weighted by Gasteiger charge is -2.20. The van der Waals surface area contributed by atoms with Gasteiger partial charge in [0.1, 0.15) is 0 Å². The topological polar surface area (TPSA) is 73.9 Å². The van der Waals surface area contributed by atoms with Crippen LogP contribution >= 0.6 is 23.4 Å². The summed E-state index contributed by atoms with van der Waals surface area (Å²) in [6.07, 6.45) is 0. The second kappa shape index (κ2) is 6.44. The summed E-state index contributed by atoms with van der Waals surface area (Å²) in [6.45, 7) is 5.32. The van der Waals surface area contributed by atoms with Crippen molar-refractivity contribution in [3.8, 4) is 11.4 Å². The molecule has 1 aliphatic rings. The van der Waals surface area contributed by atoms with Crippen molar-refractivity contribution in [1.29, 1.82) is 0 Å². The third kappa shape index (κ3) is 3.05. The van der Waals surface area contributed by atoms with E-state index in [1.54, 1.807) is 11.8 Å². The second-order valence-electron chi connectivity index (χ2n) is 6.19. The van der Waals surface area contributed by atoms with Crippen molar-refractivity contribution in [2.45, 2.75) is 37.5 Å². The van der Waals surface area contributed by atoms with Gasteiger partial charge >= 0.3 is 0 Å². The predicted molar refractivity (Wildman–Crippen MR) is 102 cm³/mol. The van der Waals surface area contributed by atoms with Gasteiger partial charge in [0.2, 0.25) is 5.95 Å². The highest BCUT2D eigenvalue weighted by Crippen LogP contribution is 2.39. The van der Waals surface area contributed by atoms with E-state index in [9.17, 15) is 0 Å². The van der Waals surface area contributed by atoms with Crippen LogP contribution in [0.2, 0.25) is 5.02 Å². The first-order chi connectivity index (χ1) is 12.0. The lowest BCUT2D eigenvalue weighted by Crippen LogP contribution is -2.07. The number of thioether (sulfide) groups is 1. The molecule has 0 fully saturated rings. The number of halogens is 1. The molecule has 1 aliphatic heterocycles. The highest BCUT2D eigenvalue weighted by atomic mass is 35.5. The van der Waals surface area contributed by atoms with Crippen LogP contribution in [0.15, 0.2) is 29.4 Å². The first-order valence-electron chi connectivity index (χ1n) is 8.02. The summed E-state index contributed by atoms with van der Waals surface area (Å²) in [5, 5.41) is 3.74. The number of hydrogen-bond acceptors (Lipinski definition) is 6. The van der Waals surface area contributed by atoms with E-state index in [4.69, 9.17) is 22.1 Å². The third-order valence-corrected chi connectivity index (χ3v) is 5.16. The second-order valence-corrected chi connectivity index (χ2v) is 8.14. The molecule has 0 aliphatic carbocycles. The Kier molecular flexibility index (Phi) is 4.27. The van der Waals surface area contributed by atoms with Crippen LogP contribution in [0, 0.1) is 0 Å². The molecule has 2 N–H and O–H groups in total. The summed E-state index contributed by atoms with van der Waals surface area (Å²) >= 11 is 8.15. The van der Waals surface area contributed by atoms with Gasteiger partial charge in [-0.3, -0.25) is 0 Å². The monoisotopic (exact) mass is 372 g/mol. The van der Waals surface area contributed by atoms with E-state index < -0.39 is 0 Å². The number of ether oxygens (including phenoxy) is 1. The van der Waals surface area contributed by atoms with Gasteiger partial charge in [-0.15, -0.1) is 0 Å². The Balaban J connectivity index is 1.98. The molecule has 0 radical (unpaired) electrons. The van der Waals surface area contributed by atoms with E-state index in [0.29, 0.717) is 34.5 Å². The van der Waals surface area contributed by atoms with Gasteiger partial charge in [-0.2, -0.15) is 9.97 Å². The molecule has 0 unspecified atom stereocenters. The summed E-state index contributed by atoms with van der Waals surface area (Å²) < 4.78 is 5.65. The minimum Gasteiger partial charge on any atom is -0.372 e. The molecule has 5 nitrogen and oxygen atoms in total. The molecule has 0 spiro atoms. The Morgan fingerprint density at radius 2 is 1.96 bits per heavy atom. The molecule has 0 saturated heterocycles. The number of hydrogen-bond donors (Lipinski definition) is 1. The Morgan fingerprint density at radius 1 is 1.16 bits per heavy atom. The van der Waals surface area contributed by atoms with Gasteiger partial charge in [0.05, 0.1) is 18.2 Å². The molecular formula is C18H17ClN4OS. The van der Waals surface area contributed by atoms with E-state index in [1.165, 1.54) is 5.39 Å². The van der Waals surface area contributed by atoms with Gasteiger partial charge in [-0.1, -0.05) is 55.4 Å². The van der Waals surface area contributed by atoms with Gasteiger partial charge in [-0.25, -0.2) is 4.98 Å². The number of aromatic nitrogens is 3. The number of anilines is 1. The SMILES string of the molecule is CC(C)Sc1nc(N)nc(-c2c(Cl)cc3c4c(cccc24)COC3)n1. The fourth-order valence-corrected chi connectivity index (χ4v) is 4.12. The average molecular weight is 373 g/mol. The van der Waals surface area contributed by atoms with Crippen molar-refractivity contribution in [2.24, 2.45) is 0 Å². The van der Waals surface area contributed by atoms with Crippen LogP contribution in [0.5, 0.6) is 0 Å². The normalized spacial score (nSPS) is 13.6. The first kappa shape index (κ1) is 16.6. The molecule has 128 valence electrons. The van der Waals surface area contributed by atoms with Crippen molar-refractivity contribution in [3.05, 3.63) is 40.4 Å². The van der Waals surface area contributed by atoms with Crippen LogP contribution in [0.1, 0.15) is 25.0 Å². The fourth-order valence-electron chi connectivity index (χ4n) is 3.09. The molecule has 25 heavy (non-hydrogen) atoms. The van der Waals surface area contributed by atoms with Crippen LogP contribution in [0.4, 0.5) is 5.95 Å². The zero-order valence-electron chi connectivity index (χ0n) is 13.9. The molecule has 0 atom stereocenters. The highest BCUT2D eigenvalue weighted by molar-refractivity contribution is 7.99. The lowest BCUT2D eigenvalue weighted by atomic mass is 9.94. The fraction of sp³-hybridized carbons (Fsp3) is 0.278. The van der Waals surface area contributed by atoms with Crippen molar-refractivity contribution in [3.63, 3.8) is 0 Å². The third-order valence-electron chi connectivity index (χ3n) is 3.99. The van der Waals surface area contributed by atoms with Gasteiger partial charge < -0.3 is 10.5 Å². The summed E-state index contributed by atoms with van der Waals surface area (Å²) in [4.78, 5) is 13.2. The van der Waals surface area contributed by atoms with Gasteiger partial charge in [0.15, 0.2) is 11.0 Å². The Labute approximate surface area is 155 Å². The van der Waals surface area contributed by atoms with E-state index in [-0.39, 0.29) is 5.95 Å². The first-order valence-corrected chi connectivity index (χ1v) is 9.28. The van der Waals surface area contributed by atoms with Crippen LogP contribution in [-0.2, 0) is 18.0 Å². The molecule has 0 saturated carbocycles. The average Bonchev–Trinajstić information content (AvgIpc) is 2.54. The van der Waals surface area contributed by atoms with Crippen LogP contribution in [0.3, 0.4) is 0 Å². The Hall–Kier alpha value is -1.89. The molecule has 2 heterocycles. The number of benzene rings is 2. The number of nitrogen functional groups attached to an aromatic ring is 1. The molecule has 3 aromatic rings. The maximum atomic E-state index is 6.60. The van der Waals surface area contributed by atoms with E-state index in [2.05, 4.69) is 34.9 Å². The van der Waals surface area contributed by atoms with Crippen LogP contribution in [0.25, 0.3) is 22.2 Å².